The molecule has 0 aliphatic carbocycles. The third-order valence-electron chi connectivity index (χ3n) is 3.31. The molecule has 8 heteroatoms. The van der Waals surface area contributed by atoms with Crippen LogP contribution in [-0.4, -0.2) is 40.4 Å². The van der Waals surface area contributed by atoms with Crippen LogP contribution in [0, 0.1) is 0 Å². The third kappa shape index (κ3) is 2.73. The first kappa shape index (κ1) is 14.6. The first-order chi connectivity index (χ1) is 11.1. The molecule has 116 valence electrons. The van der Waals surface area contributed by atoms with Crippen molar-refractivity contribution in [3.63, 3.8) is 0 Å². The first-order valence-electron chi connectivity index (χ1n) is 6.81. The second-order valence-electron chi connectivity index (χ2n) is 5.04. The van der Waals surface area contributed by atoms with E-state index in [1.54, 1.807) is 12.3 Å². The highest BCUT2D eigenvalue weighted by Gasteiger charge is 2.12. The van der Waals surface area contributed by atoms with Gasteiger partial charge in [0.05, 0.1) is 11.7 Å². The van der Waals surface area contributed by atoms with Crippen LogP contribution in [0.2, 0.25) is 0 Å². The molecule has 0 aliphatic heterocycles. The van der Waals surface area contributed by atoms with Crippen LogP contribution in [0.25, 0.3) is 10.9 Å². The highest BCUT2D eigenvalue weighted by molar-refractivity contribution is 5.98. The predicted octanol–water partition coefficient (Wildman–Crippen LogP) is 3.14. The lowest BCUT2D eigenvalue weighted by Gasteiger charge is -2.15. The number of aromatic carboxylic acids is 1. The lowest BCUT2D eigenvalue weighted by Crippen LogP contribution is -2.09. The number of hydrogen-bond acceptors (Lipinski definition) is 6. The molecule has 0 aliphatic rings. The molecule has 0 atom stereocenters. The van der Waals surface area contributed by atoms with Gasteiger partial charge in [-0.1, -0.05) is 0 Å². The van der Waals surface area contributed by atoms with E-state index in [1.807, 2.05) is 37.2 Å². The molecule has 0 saturated heterocycles. The number of aromatic nitrogens is 3. The highest BCUT2D eigenvalue weighted by Crippen LogP contribution is 2.32. The Morgan fingerprint density at radius 1 is 1.26 bits per heavy atom. The quantitative estimate of drug-likeness (QED) is 0.720. The molecule has 0 saturated carbocycles. The van der Waals surface area contributed by atoms with Crippen molar-refractivity contribution in [2.24, 2.45) is 10.2 Å². The number of anilines is 1. The van der Waals surface area contributed by atoms with Crippen LogP contribution in [0.5, 0.6) is 0 Å². The van der Waals surface area contributed by atoms with Gasteiger partial charge in [-0.25, -0.2) is 4.79 Å². The van der Waals surface area contributed by atoms with Gasteiger partial charge in [-0.3, -0.25) is 10.1 Å². The molecule has 0 bridgehead atoms. The van der Waals surface area contributed by atoms with E-state index in [9.17, 15) is 4.79 Å². The number of carboxylic acid groups (broad SMARTS) is 1. The van der Waals surface area contributed by atoms with Crippen molar-refractivity contribution in [1.82, 2.24) is 15.2 Å². The number of H-pyrrole nitrogens is 1. The summed E-state index contributed by atoms with van der Waals surface area (Å²) in [6.45, 7) is 0. The third-order valence-corrected chi connectivity index (χ3v) is 3.31. The monoisotopic (exact) mass is 310 g/mol. The Bertz CT molecular complexity index is 900. The smallest absolute Gasteiger partial charge is 0.341 e. The number of carboxylic acids is 1. The molecule has 0 fully saturated rings. The molecule has 1 aromatic carbocycles. The van der Waals surface area contributed by atoms with E-state index in [-0.39, 0.29) is 11.4 Å². The van der Waals surface area contributed by atoms with Gasteiger partial charge in [0.25, 0.3) is 0 Å². The number of rotatable bonds is 4. The molecular weight excluding hydrogens is 296 g/mol. The van der Waals surface area contributed by atoms with Gasteiger partial charge in [-0.15, -0.1) is 10.2 Å². The maximum atomic E-state index is 11.0. The normalized spacial score (nSPS) is 11.2. The van der Waals surface area contributed by atoms with E-state index >= 15 is 0 Å². The minimum absolute atomic E-state index is 0.0315. The van der Waals surface area contributed by atoms with E-state index < -0.39 is 5.97 Å². The Hall–Kier alpha value is -3.29. The lowest BCUT2D eigenvalue weighted by atomic mass is 10.1. The van der Waals surface area contributed by atoms with Crippen molar-refractivity contribution < 1.29 is 9.90 Å². The summed E-state index contributed by atoms with van der Waals surface area (Å²) in [5.74, 6) is -1.02. The topological polar surface area (TPSA) is 107 Å². The number of azo groups is 1. The summed E-state index contributed by atoms with van der Waals surface area (Å²) in [5, 5.41) is 24.3. The Morgan fingerprint density at radius 3 is 2.83 bits per heavy atom. The second kappa shape index (κ2) is 5.84. The zero-order valence-corrected chi connectivity index (χ0v) is 12.6. The number of pyridine rings is 1. The van der Waals surface area contributed by atoms with E-state index in [0.29, 0.717) is 11.2 Å². The van der Waals surface area contributed by atoms with Crippen molar-refractivity contribution in [2.75, 3.05) is 19.0 Å². The van der Waals surface area contributed by atoms with Crippen LogP contribution < -0.4 is 4.90 Å². The molecule has 2 aromatic heterocycles. The Kier molecular flexibility index (Phi) is 3.71. The molecule has 0 spiro atoms. The van der Waals surface area contributed by atoms with Gasteiger partial charge in [0, 0.05) is 31.4 Å². The number of carbonyl (C=O) groups is 1. The summed E-state index contributed by atoms with van der Waals surface area (Å²) in [6, 6.07) is 7.53. The average Bonchev–Trinajstić information content (AvgIpc) is 3.01. The number of nitrogens with zero attached hydrogens (tertiary/aromatic N) is 5. The van der Waals surface area contributed by atoms with Crippen LogP contribution in [0.1, 0.15) is 10.4 Å². The van der Waals surface area contributed by atoms with E-state index in [1.165, 1.54) is 6.20 Å². The summed E-state index contributed by atoms with van der Waals surface area (Å²) in [6.07, 6.45) is 2.88. The fourth-order valence-corrected chi connectivity index (χ4v) is 2.23. The molecule has 0 unspecified atom stereocenters. The zero-order chi connectivity index (χ0) is 16.4. The van der Waals surface area contributed by atoms with Crippen LogP contribution in [0.4, 0.5) is 17.2 Å². The fourth-order valence-electron chi connectivity index (χ4n) is 2.23. The molecule has 2 heterocycles. The summed E-state index contributed by atoms with van der Waals surface area (Å²) >= 11 is 0. The van der Waals surface area contributed by atoms with Gasteiger partial charge in [-0.2, -0.15) is 5.10 Å². The lowest BCUT2D eigenvalue weighted by molar-refractivity contribution is 0.0698. The molecule has 3 rings (SSSR count). The van der Waals surface area contributed by atoms with E-state index in [0.717, 1.165) is 11.1 Å². The van der Waals surface area contributed by atoms with Crippen LogP contribution in [0.15, 0.2) is 46.9 Å². The standard InChI is InChI=1S/C15H14N6O2/c1-21(2)12-6-5-11(13-9(12)4-3-7-16-13)18-20-14-10(15(22)23)8-17-19-14/h3-8H,1-2H3,(H,17,19)(H,22,23). The van der Waals surface area contributed by atoms with Crippen LogP contribution in [0.3, 0.4) is 0 Å². The highest BCUT2D eigenvalue weighted by atomic mass is 16.4. The van der Waals surface area contributed by atoms with Gasteiger partial charge in [-0.05, 0) is 24.3 Å². The predicted molar refractivity (Wildman–Crippen MR) is 85.8 cm³/mol. The second-order valence-corrected chi connectivity index (χ2v) is 5.04. The molecule has 8 nitrogen and oxygen atoms in total. The van der Waals surface area contributed by atoms with E-state index in [2.05, 4.69) is 25.4 Å². The van der Waals surface area contributed by atoms with Crippen molar-refractivity contribution in [3.05, 3.63) is 42.2 Å². The molecule has 3 aromatic rings. The number of hydrogen-bond donors (Lipinski definition) is 2. The molecule has 0 radical (unpaired) electrons. The van der Waals surface area contributed by atoms with Gasteiger partial charge >= 0.3 is 5.97 Å². The molecule has 0 amide bonds. The molecule has 23 heavy (non-hydrogen) atoms. The van der Waals surface area contributed by atoms with Crippen molar-refractivity contribution in [3.8, 4) is 0 Å². The van der Waals surface area contributed by atoms with Gasteiger partial charge in [0.1, 0.15) is 11.3 Å². The Balaban J connectivity index is 2.07. The largest absolute Gasteiger partial charge is 0.477 e. The van der Waals surface area contributed by atoms with Crippen molar-refractivity contribution in [2.45, 2.75) is 0 Å². The maximum absolute atomic E-state index is 11.0. The molecule has 2 N–H and O–H groups in total. The van der Waals surface area contributed by atoms with Crippen molar-refractivity contribution in [1.29, 1.82) is 0 Å². The van der Waals surface area contributed by atoms with Gasteiger partial charge in [0.15, 0.2) is 5.82 Å². The Morgan fingerprint density at radius 2 is 2.09 bits per heavy atom. The molecular formula is C15H14N6O2. The Labute approximate surface area is 131 Å². The number of aromatic amines is 1. The fraction of sp³-hybridized carbons (Fsp3) is 0.133. The minimum Gasteiger partial charge on any atom is -0.477 e. The first-order valence-corrected chi connectivity index (χ1v) is 6.81. The van der Waals surface area contributed by atoms with Crippen LogP contribution >= 0.6 is 0 Å². The zero-order valence-electron chi connectivity index (χ0n) is 12.6. The number of fused-ring (bicyclic) bond motifs is 1. The van der Waals surface area contributed by atoms with Gasteiger partial charge in [0.2, 0.25) is 0 Å². The van der Waals surface area contributed by atoms with Crippen molar-refractivity contribution >= 4 is 34.1 Å². The summed E-state index contributed by atoms with van der Waals surface area (Å²) in [7, 11) is 3.90. The summed E-state index contributed by atoms with van der Waals surface area (Å²) in [4.78, 5) is 17.4. The average molecular weight is 310 g/mol. The van der Waals surface area contributed by atoms with Crippen LogP contribution in [-0.2, 0) is 0 Å². The summed E-state index contributed by atoms with van der Waals surface area (Å²) in [5.41, 5.74) is 2.23. The number of benzene rings is 1. The summed E-state index contributed by atoms with van der Waals surface area (Å²) < 4.78 is 0. The number of nitrogens with one attached hydrogen (secondary N) is 1. The van der Waals surface area contributed by atoms with Gasteiger partial charge < -0.3 is 10.0 Å². The SMILES string of the molecule is CN(C)c1ccc(N=Nc2[nH]ncc2C(=O)O)c2ncccc12. The minimum atomic E-state index is -1.11. The maximum Gasteiger partial charge on any atom is 0.341 e. The van der Waals surface area contributed by atoms with E-state index in [4.69, 9.17) is 5.11 Å².